The normalized spacial score (nSPS) is 31.2. The van der Waals surface area contributed by atoms with E-state index in [1.54, 1.807) is 0 Å². The minimum absolute atomic E-state index is 0.318. The minimum Gasteiger partial charge on any atom is -0.369 e. The van der Waals surface area contributed by atoms with Gasteiger partial charge in [0.2, 0.25) is 0 Å². The number of rotatable bonds is 0. The molecule has 0 aromatic carbocycles. The third kappa shape index (κ3) is 1.07. The highest BCUT2D eigenvalue weighted by molar-refractivity contribution is 4.90. The highest BCUT2D eigenvalue weighted by atomic mass is 16.5. The summed E-state index contributed by atoms with van der Waals surface area (Å²) in [7, 11) is 0. The summed E-state index contributed by atoms with van der Waals surface area (Å²) in [6.45, 7) is 2.02. The van der Waals surface area contributed by atoms with Gasteiger partial charge in [0.05, 0.1) is 12.2 Å². The molecule has 1 heteroatoms. The lowest BCUT2D eigenvalue weighted by Crippen LogP contribution is -2.30. The van der Waals surface area contributed by atoms with E-state index in [0.717, 1.165) is 0 Å². The summed E-state index contributed by atoms with van der Waals surface area (Å²) in [5, 5.41) is 0. The Morgan fingerprint density at radius 1 is 1.00 bits per heavy atom. The third-order valence-corrected chi connectivity index (χ3v) is 2.80. The van der Waals surface area contributed by atoms with Crippen molar-refractivity contribution >= 4 is 0 Å². The predicted molar refractivity (Wildman–Crippen MR) is 40.4 cm³/mol. The van der Waals surface area contributed by atoms with Crippen LogP contribution in [0.15, 0.2) is 0 Å². The molecule has 0 unspecified atom stereocenters. The lowest BCUT2D eigenvalue weighted by molar-refractivity contribution is -0.0345. The average molecular weight is 139 g/mol. The van der Waals surface area contributed by atoms with Crippen LogP contribution < -0.4 is 0 Å². The van der Waals surface area contributed by atoms with Crippen molar-refractivity contribution in [1.82, 2.24) is 0 Å². The molecule has 0 atom stereocenters. The van der Waals surface area contributed by atoms with Crippen molar-refractivity contribution in [1.29, 1.82) is 0 Å². The maximum absolute atomic E-state index is 5.70. The van der Waals surface area contributed by atoms with E-state index in [4.69, 9.17) is 4.74 Å². The van der Waals surface area contributed by atoms with E-state index in [1.807, 2.05) is 6.61 Å². The largest absolute Gasteiger partial charge is 0.369 e. The fraction of sp³-hybridized carbons (Fsp3) is 0.889. The van der Waals surface area contributed by atoms with Crippen molar-refractivity contribution in [3.8, 4) is 0 Å². The van der Waals surface area contributed by atoms with Crippen molar-refractivity contribution in [2.24, 2.45) is 0 Å². The first kappa shape index (κ1) is 6.66. The summed E-state index contributed by atoms with van der Waals surface area (Å²) < 4.78 is 5.70. The minimum atomic E-state index is 0.318. The van der Waals surface area contributed by atoms with Gasteiger partial charge in [-0.05, 0) is 32.1 Å². The van der Waals surface area contributed by atoms with Gasteiger partial charge in [-0.1, -0.05) is 12.8 Å². The molecule has 1 spiro atoms. The third-order valence-electron chi connectivity index (χ3n) is 2.80. The van der Waals surface area contributed by atoms with Gasteiger partial charge in [0.25, 0.3) is 0 Å². The van der Waals surface area contributed by atoms with E-state index in [-0.39, 0.29) is 0 Å². The topological polar surface area (TPSA) is 9.23 Å². The Bertz CT molecular complexity index is 106. The van der Waals surface area contributed by atoms with Crippen molar-refractivity contribution in [2.75, 3.05) is 0 Å². The first-order valence-corrected chi connectivity index (χ1v) is 4.41. The average Bonchev–Trinajstić information content (AvgIpc) is 2.39. The molecule has 57 valence electrons. The van der Waals surface area contributed by atoms with Crippen LogP contribution in [0.4, 0.5) is 0 Å². The second-order valence-electron chi connectivity index (χ2n) is 3.57. The molecule has 1 saturated heterocycles. The molecule has 2 aliphatic rings. The Hall–Kier alpha value is -0.0400. The molecule has 1 nitrogen and oxygen atoms in total. The molecular formula is C9H15O. The summed E-state index contributed by atoms with van der Waals surface area (Å²) in [6.07, 6.45) is 9.21. The van der Waals surface area contributed by atoms with Crippen LogP contribution in [0, 0.1) is 6.61 Å². The summed E-state index contributed by atoms with van der Waals surface area (Å²) in [4.78, 5) is 0. The molecule has 0 N–H and O–H groups in total. The number of ether oxygens (including phenoxy) is 1. The van der Waals surface area contributed by atoms with E-state index in [0.29, 0.717) is 5.60 Å². The molecule has 1 radical (unpaired) electrons. The summed E-state index contributed by atoms with van der Waals surface area (Å²) in [6, 6.07) is 0. The first-order valence-electron chi connectivity index (χ1n) is 4.41. The number of hydrogen-bond acceptors (Lipinski definition) is 1. The molecule has 10 heavy (non-hydrogen) atoms. The monoisotopic (exact) mass is 139 g/mol. The Labute approximate surface area is 62.8 Å². The van der Waals surface area contributed by atoms with Crippen molar-refractivity contribution in [2.45, 2.75) is 50.5 Å². The van der Waals surface area contributed by atoms with Gasteiger partial charge < -0.3 is 4.74 Å². The van der Waals surface area contributed by atoms with Gasteiger partial charge in [0.15, 0.2) is 0 Å². The van der Waals surface area contributed by atoms with Crippen LogP contribution >= 0.6 is 0 Å². The summed E-state index contributed by atoms with van der Waals surface area (Å²) in [5.41, 5.74) is 0.318. The van der Waals surface area contributed by atoms with Gasteiger partial charge in [-0.15, -0.1) is 0 Å². The Kier molecular flexibility index (Phi) is 1.69. The maximum Gasteiger partial charge on any atom is 0.0844 e. The van der Waals surface area contributed by atoms with Gasteiger partial charge >= 0.3 is 0 Å². The summed E-state index contributed by atoms with van der Waals surface area (Å²) in [5.74, 6) is 0. The fourth-order valence-electron chi connectivity index (χ4n) is 2.19. The van der Waals surface area contributed by atoms with Crippen LogP contribution in [0.5, 0.6) is 0 Å². The predicted octanol–water partition coefficient (Wildman–Crippen LogP) is 2.66. The van der Waals surface area contributed by atoms with Gasteiger partial charge in [-0.2, -0.15) is 0 Å². The molecule has 1 aliphatic carbocycles. The summed E-state index contributed by atoms with van der Waals surface area (Å²) >= 11 is 0. The van der Waals surface area contributed by atoms with Gasteiger partial charge in [-0.3, -0.25) is 0 Å². The van der Waals surface area contributed by atoms with Crippen LogP contribution in [0.3, 0.4) is 0 Å². The maximum atomic E-state index is 5.70. The second kappa shape index (κ2) is 2.54. The molecule has 2 fully saturated rings. The van der Waals surface area contributed by atoms with E-state index >= 15 is 0 Å². The Morgan fingerprint density at radius 2 is 1.70 bits per heavy atom. The molecule has 0 bridgehead atoms. The molecule has 1 saturated carbocycles. The molecule has 0 aromatic heterocycles. The second-order valence-corrected chi connectivity index (χ2v) is 3.57. The fourth-order valence-corrected chi connectivity index (χ4v) is 2.19. The Morgan fingerprint density at radius 3 is 2.30 bits per heavy atom. The van der Waals surface area contributed by atoms with Crippen molar-refractivity contribution < 1.29 is 4.74 Å². The molecule has 1 aliphatic heterocycles. The van der Waals surface area contributed by atoms with Crippen LogP contribution in [0.1, 0.15) is 44.9 Å². The lowest BCUT2D eigenvalue weighted by atomic mass is 9.92. The van der Waals surface area contributed by atoms with Gasteiger partial charge in [-0.25, -0.2) is 0 Å². The highest BCUT2D eigenvalue weighted by Gasteiger charge is 2.35. The molecule has 0 aromatic rings. The molecule has 1 heterocycles. The van der Waals surface area contributed by atoms with Gasteiger partial charge in [0, 0.05) is 0 Å². The van der Waals surface area contributed by atoms with Crippen LogP contribution in [0.2, 0.25) is 0 Å². The van der Waals surface area contributed by atoms with E-state index in [2.05, 4.69) is 0 Å². The van der Waals surface area contributed by atoms with Crippen LogP contribution in [0.25, 0.3) is 0 Å². The lowest BCUT2D eigenvalue weighted by Gasteiger charge is -2.32. The first-order chi connectivity index (χ1) is 4.91. The quantitative estimate of drug-likeness (QED) is 0.501. The van der Waals surface area contributed by atoms with Crippen LogP contribution in [-0.4, -0.2) is 5.60 Å². The Balaban J connectivity index is 1.98. The van der Waals surface area contributed by atoms with E-state index in [9.17, 15) is 0 Å². The standard InChI is InChI=1S/C9H15O/c1-2-6-9(5-1)7-3-4-8-10-9/h8H,1-7H2. The van der Waals surface area contributed by atoms with Crippen LogP contribution in [-0.2, 0) is 4.74 Å². The number of hydrogen-bond donors (Lipinski definition) is 0. The van der Waals surface area contributed by atoms with E-state index in [1.165, 1.54) is 44.9 Å². The molecule has 0 amide bonds. The zero-order chi connectivity index (χ0) is 6.86. The smallest absolute Gasteiger partial charge is 0.0844 e. The molecular weight excluding hydrogens is 124 g/mol. The van der Waals surface area contributed by atoms with E-state index < -0.39 is 0 Å². The zero-order valence-electron chi connectivity index (χ0n) is 6.44. The van der Waals surface area contributed by atoms with Crippen molar-refractivity contribution in [3.05, 3.63) is 6.61 Å². The molecule has 2 rings (SSSR count). The van der Waals surface area contributed by atoms with Crippen molar-refractivity contribution in [3.63, 3.8) is 0 Å². The highest BCUT2D eigenvalue weighted by Crippen LogP contribution is 2.40. The SMILES string of the molecule is [CH]1CCCC2(CCCC2)O1. The van der Waals surface area contributed by atoms with Gasteiger partial charge in [0.1, 0.15) is 0 Å². The zero-order valence-corrected chi connectivity index (χ0v) is 6.44.